The number of ether oxygens (including phenoxy) is 1. The molecule has 0 atom stereocenters. The number of likely N-dealkylation sites (tertiary alicyclic amines) is 1. The zero-order chi connectivity index (χ0) is 25.8. The zero-order valence-corrected chi connectivity index (χ0v) is 21.6. The molecule has 2 aliphatic heterocycles. The lowest BCUT2D eigenvalue weighted by molar-refractivity contribution is -0.136. The third-order valence-electron chi connectivity index (χ3n) is 7.68. The van der Waals surface area contributed by atoms with E-state index < -0.39 is 5.54 Å². The van der Waals surface area contributed by atoms with Crippen molar-refractivity contribution in [1.82, 2.24) is 19.7 Å². The molecule has 0 radical (unpaired) electrons. The number of hydrogen-bond acceptors (Lipinski definition) is 5. The number of imide groups is 1. The molecule has 2 fully saturated rings. The fourth-order valence-electron chi connectivity index (χ4n) is 5.65. The highest BCUT2D eigenvalue weighted by Crippen LogP contribution is 2.38. The normalized spacial score (nSPS) is 17.7. The van der Waals surface area contributed by atoms with Gasteiger partial charge in [-0.15, -0.1) is 0 Å². The Kier molecular flexibility index (Phi) is 7.35. The quantitative estimate of drug-likeness (QED) is 0.428. The molecular weight excluding hydrogens is 464 g/mol. The van der Waals surface area contributed by atoms with Gasteiger partial charge >= 0.3 is 6.03 Å². The van der Waals surface area contributed by atoms with E-state index in [-0.39, 0.29) is 18.5 Å². The van der Waals surface area contributed by atoms with Crippen LogP contribution < -0.4 is 0 Å². The second-order valence-corrected chi connectivity index (χ2v) is 10.0. The molecule has 0 N–H and O–H groups in total. The van der Waals surface area contributed by atoms with Gasteiger partial charge in [-0.3, -0.25) is 19.6 Å². The predicted molar refractivity (Wildman–Crippen MR) is 143 cm³/mol. The van der Waals surface area contributed by atoms with Gasteiger partial charge in [0, 0.05) is 45.7 Å². The lowest BCUT2D eigenvalue weighted by Gasteiger charge is -2.42. The Hall–Kier alpha value is -3.55. The average molecular weight is 499 g/mol. The van der Waals surface area contributed by atoms with Crippen molar-refractivity contribution >= 4 is 11.9 Å². The van der Waals surface area contributed by atoms with Crippen molar-refractivity contribution in [3.63, 3.8) is 0 Å². The van der Waals surface area contributed by atoms with E-state index in [1.54, 1.807) is 24.4 Å². The van der Waals surface area contributed by atoms with Crippen molar-refractivity contribution in [2.45, 2.75) is 38.4 Å². The minimum Gasteiger partial charge on any atom is -0.383 e. The summed E-state index contributed by atoms with van der Waals surface area (Å²) in [5.74, 6) is -0.0985. The lowest BCUT2D eigenvalue weighted by atomic mass is 9.85. The summed E-state index contributed by atoms with van der Waals surface area (Å²) in [7, 11) is 1.62. The maximum absolute atomic E-state index is 13.8. The Labute approximate surface area is 218 Å². The van der Waals surface area contributed by atoms with E-state index in [2.05, 4.69) is 65.3 Å². The van der Waals surface area contributed by atoms with Crippen molar-refractivity contribution < 1.29 is 14.3 Å². The van der Waals surface area contributed by atoms with Gasteiger partial charge in [0.2, 0.25) is 0 Å². The Morgan fingerprint density at radius 1 is 0.946 bits per heavy atom. The van der Waals surface area contributed by atoms with E-state index in [1.165, 1.54) is 27.2 Å². The summed E-state index contributed by atoms with van der Waals surface area (Å²) in [6.07, 6.45) is 4.62. The van der Waals surface area contributed by atoms with E-state index in [4.69, 9.17) is 4.74 Å². The summed E-state index contributed by atoms with van der Waals surface area (Å²) in [5.41, 5.74) is 5.02. The summed E-state index contributed by atoms with van der Waals surface area (Å²) in [6, 6.07) is 20.6. The van der Waals surface area contributed by atoms with Gasteiger partial charge in [-0.25, -0.2) is 4.79 Å². The summed E-state index contributed by atoms with van der Waals surface area (Å²) >= 11 is 0. The van der Waals surface area contributed by atoms with Crippen LogP contribution in [0, 0.1) is 6.92 Å². The molecule has 2 aliphatic rings. The highest BCUT2D eigenvalue weighted by Gasteiger charge is 2.57. The van der Waals surface area contributed by atoms with Crippen LogP contribution in [0.4, 0.5) is 4.79 Å². The van der Waals surface area contributed by atoms with Gasteiger partial charge in [-0.2, -0.15) is 0 Å². The van der Waals surface area contributed by atoms with Crippen molar-refractivity contribution in [1.29, 1.82) is 0 Å². The van der Waals surface area contributed by atoms with Gasteiger partial charge in [0.05, 0.1) is 13.2 Å². The van der Waals surface area contributed by atoms with Crippen LogP contribution in [0.1, 0.15) is 29.5 Å². The highest BCUT2D eigenvalue weighted by atomic mass is 16.5. The number of urea groups is 1. The fourth-order valence-corrected chi connectivity index (χ4v) is 5.65. The average Bonchev–Trinajstić information content (AvgIpc) is 3.10. The number of rotatable bonds is 8. The third kappa shape index (κ3) is 5.02. The monoisotopic (exact) mass is 498 g/mol. The SMILES string of the molecule is COCCN1C(=O)N(Cc2cccnc2)C(=O)C12CCN(Cc1cccc(-c3ccccc3C)c1)CC2. The molecule has 1 spiro atoms. The molecule has 3 amide bonds. The molecule has 37 heavy (non-hydrogen) atoms. The van der Waals surface area contributed by atoms with Crippen LogP contribution in [0.25, 0.3) is 11.1 Å². The van der Waals surface area contributed by atoms with E-state index in [1.807, 2.05) is 12.1 Å². The molecule has 5 rings (SSSR count). The Bertz CT molecular complexity index is 1250. The minimum absolute atomic E-state index is 0.0985. The van der Waals surface area contributed by atoms with Crippen molar-refractivity contribution in [3.05, 3.63) is 89.7 Å². The molecule has 0 unspecified atom stereocenters. The number of hydrogen-bond donors (Lipinski definition) is 0. The largest absolute Gasteiger partial charge is 0.383 e. The van der Waals surface area contributed by atoms with Crippen molar-refractivity contribution in [2.75, 3.05) is 33.4 Å². The number of carbonyl (C=O) groups excluding carboxylic acids is 2. The number of nitrogens with zero attached hydrogens (tertiary/aromatic N) is 4. The number of aromatic nitrogens is 1. The van der Waals surface area contributed by atoms with Crippen LogP contribution in [0.2, 0.25) is 0 Å². The first kappa shape index (κ1) is 25.1. The van der Waals surface area contributed by atoms with Crippen LogP contribution in [0.15, 0.2) is 73.1 Å². The van der Waals surface area contributed by atoms with Gasteiger partial charge in [-0.05, 0) is 59.7 Å². The topological polar surface area (TPSA) is 66.0 Å². The molecule has 3 aromatic rings. The molecule has 0 saturated carbocycles. The van der Waals surface area contributed by atoms with Crippen LogP contribution in [-0.2, 0) is 22.6 Å². The Balaban J connectivity index is 1.30. The Morgan fingerprint density at radius 3 is 2.46 bits per heavy atom. The van der Waals surface area contributed by atoms with Crippen LogP contribution >= 0.6 is 0 Å². The fraction of sp³-hybridized carbons (Fsp3) is 0.367. The van der Waals surface area contributed by atoms with E-state index in [0.29, 0.717) is 26.0 Å². The second kappa shape index (κ2) is 10.8. The summed E-state index contributed by atoms with van der Waals surface area (Å²) < 4.78 is 5.29. The molecule has 2 aromatic carbocycles. The summed E-state index contributed by atoms with van der Waals surface area (Å²) in [5, 5.41) is 0. The predicted octanol–water partition coefficient (Wildman–Crippen LogP) is 4.50. The first-order chi connectivity index (χ1) is 18.0. The van der Waals surface area contributed by atoms with E-state index in [0.717, 1.165) is 25.2 Å². The standard InChI is InChI=1S/C30H34N4O3/c1-23-7-3-4-11-27(23)26-10-5-8-24(19-26)21-32-15-12-30(13-16-32)28(35)33(22-25-9-6-14-31-20-25)29(36)34(30)17-18-37-2/h3-11,14,19-20H,12-13,15-18,21-22H2,1-2H3. The molecule has 7 nitrogen and oxygen atoms in total. The molecule has 192 valence electrons. The van der Waals surface area contributed by atoms with Crippen LogP contribution in [0.3, 0.4) is 0 Å². The molecule has 2 saturated heterocycles. The number of piperidine rings is 1. The molecule has 0 aliphatic carbocycles. The van der Waals surface area contributed by atoms with Gasteiger partial charge < -0.3 is 9.64 Å². The van der Waals surface area contributed by atoms with Crippen molar-refractivity contribution in [2.24, 2.45) is 0 Å². The first-order valence-electron chi connectivity index (χ1n) is 12.9. The number of aryl methyl sites for hydroxylation is 1. The van der Waals surface area contributed by atoms with Gasteiger partial charge in [0.15, 0.2) is 0 Å². The lowest BCUT2D eigenvalue weighted by Crippen LogP contribution is -2.57. The molecule has 3 heterocycles. The molecule has 7 heteroatoms. The summed E-state index contributed by atoms with van der Waals surface area (Å²) in [6.45, 7) is 5.50. The van der Waals surface area contributed by atoms with Gasteiger partial charge in [-0.1, -0.05) is 48.5 Å². The number of pyridine rings is 1. The van der Waals surface area contributed by atoms with E-state index >= 15 is 0 Å². The third-order valence-corrected chi connectivity index (χ3v) is 7.68. The minimum atomic E-state index is -0.808. The van der Waals surface area contributed by atoms with Gasteiger partial charge in [0.1, 0.15) is 5.54 Å². The Morgan fingerprint density at radius 2 is 1.73 bits per heavy atom. The number of benzene rings is 2. The molecular formula is C30H34N4O3. The molecule has 0 bridgehead atoms. The summed E-state index contributed by atoms with van der Waals surface area (Å²) in [4.78, 5) is 36.8. The smallest absolute Gasteiger partial charge is 0.328 e. The second-order valence-electron chi connectivity index (χ2n) is 10.0. The zero-order valence-electron chi connectivity index (χ0n) is 21.6. The number of amides is 3. The highest BCUT2D eigenvalue weighted by molar-refractivity contribution is 6.07. The first-order valence-corrected chi connectivity index (χ1v) is 12.9. The van der Waals surface area contributed by atoms with Gasteiger partial charge in [0.25, 0.3) is 5.91 Å². The number of carbonyl (C=O) groups is 2. The maximum Gasteiger partial charge on any atom is 0.328 e. The maximum atomic E-state index is 13.8. The van der Waals surface area contributed by atoms with E-state index in [9.17, 15) is 9.59 Å². The van der Waals surface area contributed by atoms with Crippen LogP contribution in [-0.4, -0.2) is 70.5 Å². The molecule has 1 aromatic heterocycles. The number of methoxy groups -OCH3 is 1. The van der Waals surface area contributed by atoms with Crippen LogP contribution in [0.5, 0.6) is 0 Å². The van der Waals surface area contributed by atoms with Crippen molar-refractivity contribution in [3.8, 4) is 11.1 Å².